The molecule has 0 radical (unpaired) electrons. The van der Waals surface area contributed by atoms with E-state index in [4.69, 9.17) is 4.99 Å². The van der Waals surface area contributed by atoms with Gasteiger partial charge in [0.25, 0.3) is 5.69 Å². The molecule has 0 fully saturated rings. The molecule has 1 aliphatic heterocycles. The third-order valence-corrected chi connectivity index (χ3v) is 6.47. The van der Waals surface area contributed by atoms with Crippen LogP contribution in [-0.4, -0.2) is 27.3 Å². The van der Waals surface area contributed by atoms with Gasteiger partial charge in [-0.3, -0.25) is 24.7 Å². The molecule has 0 bridgehead atoms. The molecule has 0 saturated carbocycles. The van der Waals surface area contributed by atoms with Gasteiger partial charge >= 0.3 is 0 Å². The smallest absolute Gasteiger partial charge is 0.269 e. The minimum Gasteiger partial charge on any atom is -0.310 e. The number of nitro benzene ring substituents is 1. The molecule has 1 N–H and O–H groups in total. The number of pyridine rings is 1. The maximum absolute atomic E-state index is 13.5. The van der Waals surface area contributed by atoms with Crippen molar-refractivity contribution >= 4 is 44.8 Å². The van der Waals surface area contributed by atoms with Gasteiger partial charge in [0.2, 0.25) is 5.91 Å². The summed E-state index contributed by atoms with van der Waals surface area (Å²) in [6, 6.07) is 9.58. The summed E-state index contributed by atoms with van der Waals surface area (Å²) in [7, 11) is 0. The lowest BCUT2D eigenvalue weighted by Crippen LogP contribution is -2.41. The molecule has 1 unspecified atom stereocenters. The average molecular weight is 511 g/mol. The molecular formula is C24H23BrN4O4. The molecule has 2 aromatic rings. The van der Waals surface area contributed by atoms with Crippen LogP contribution in [0.3, 0.4) is 0 Å². The molecule has 2 atom stereocenters. The van der Waals surface area contributed by atoms with Gasteiger partial charge in [-0.2, -0.15) is 0 Å². The third kappa shape index (κ3) is 4.64. The highest BCUT2D eigenvalue weighted by atomic mass is 79.9. The number of rotatable bonds is 4. The monoisotopic (exact) mass is 510 g/mol. The fraction of sp³-hybridized carbons (Fsp3) is 0.333. The van der Waals surface area contributed by atoms with Crippen LogP contribution in [0.4, 0.5) is 11.5 Å². The second kappa shape index (κ2) is 8.62. The Hall–Kier alpha value is -3.20. The van der Waals surface area contributed by atoms with Crippen molar-refractivity contribution in [2.75, 3.05) is 5.32 Å². The quantitative estimate of drug-likeness (QED) is 0.447. The third-order valence-electron chi connectivity index (χ3n) is 6.00. The highest BCUT2D eigenvalue weighted by Crippen LogP contribution is 2.48. The van der Waals surface area contributed by atoms with Crippen LogP contribution in [0.25, 0.3) is 0 Å². The van der Waals surface area contributed by atoms with Gasteiger partial charge < -0.3 is 5.32 Å². The van der Waals surface area contributed by atoms with Crippen molar-refractivity contribution in [3.63, 3.8) is 0 Å². The molecule has 2 aliphatic rings. The number of amides is 1. The Morgan fingerprint density at radius 1 is 1.24 bits per heavy atom. The van der Waals surface area contributed by atoms with E-state index in [0.29, 0.717) is 41.2 Å². The van der Waals surface area contributed by atoms with E-state index in [-0.39, 0.29) is 22.8 Å². The van der Waals surface area contributed by atoms with Crippen LogP contribution in [-0.2, 0) is 9.59 Å². The lowest BCUT2D eigenvalue weighted by atomic mass is 9.66. The summed E-state index contributed by atoms with van der Waals surface area (Å²) in [5.41, 5.74) is 1.91. The molecule has 1 aliphatic carbocycles. The highest BCUT2D eigenvalue weighted by Gasteiger charge is 2.45. The van der Waals surface area contributed by atoms with Crippen molar-refractivity contribution in [3.8, 4) is 0 Å². The van der Waals surface area contributed by atoms with Gasteiger partial charge in [0, 0.05) is 52.1 Å². The largest absolute Gasteiger partial charge is 0.310 e. The van der Waals surface area contributed by atoms with Gasteiger partial charge in [-0.05, 0) is 52.4 Å². The lowest BCUT2D eigenvalue weighted by Gasteiger charge is -2.39. The van der Waals surface area contributed by atoms with E-state index in [9.17, 15) is 19.7 Å². The Balaban J connectivity index is 1.82. The molecule has 0 saturated heterocycles. The highest BCUT2D eigenvalue weighted by molar-refractivity contribution is 9.10. The molecule has 2 heterocycles. The number of allylic oxidation sites excluding steroid dienone is 2. The van der Waals surface area contributed by atoms with Crippen LogP contribution in [0.2, 0.25) is 0 Å². The van der Waals surface area contributed by atoms with Gasteiger partial charge in [-0.25, -0.2) is 4.98 Å². The predicted octanol–water partition coefficient (Wildman–Crippen LogP) is 5.21. The summed E-state index contributed by atoms with van der Waals surface area (Å²) in [6.45, 7) is 5.79. The minimum absolute atomic E-state index is 0.0754. The summed E-state index contributed by atoms with van der Waals surface area (Å²) in [4.78, 5) is 46.6. The minimum atomic E-state index is -0.804. The Labute approximate surface area is 199 Å². The number of carbonyl (C=O) groups is 2. The number of aromatic nitrogens is 1. The predicted molar refractivity (Wildman–Crippen MR) is 128 cm³/mol. The number of carbonyl (C=O) groups excluding carboxylic acids is 2. The number of ketones is 1. The van der Waals surface area contributed by atoms with Crippen LogP contribution in [0, 0.1) is 21.4 Å². The van der Waals surface area contributed by atoms with Gasteiger partial charge in [0.1, 0.15) is 5.82 Å². The first-order chi connectivity index (χ1) is 15.6. The Morgan fingerprint density at radius 3 is 2.67 bits per heavy atom. The first kappa shape index (κ1) is 23.0. The number of anilines is 1. The molecule has 1 amide bonds. The van der Waals surface area contributed by atoms with E-state index in [2.05, 4.69) is 26.2 Å². The summed E-state index contributed by atoms with van der Waals surface area (Å²) in [6.07, 6.45) is 2.50. The zero-order valence-corrected chi connectivity index (χ0v) is 20.0. The van der Waals surface area contributed by atoms with Crippen molar-refractivity contribution in [3.05, 3.63) is 74.0 Å². The first-order valence-electron chi connectivity index (χ1n) is 10.5. The van der Waals surface area contributed by atoms with Crippen molar-refractivity contribution in [2.45, 2.75) is 39.5 Å². The molecule has 33 heavy (non-hydrogen) atoms. The molecular weight excluding hydrogens is 488 g/mol. The normalized spacial score (nSPS) is 21.8. The number of non-ortho nitro benzene ring substituents is 1. The molecule has 170 valence electrons. The van der Waals surface area contributed by atoms with E-state index in [0.717, 1.165) is 4.47 Å². The number of nitrogens with one attached hydrogen (secondary N) is 1. The van der Waals surface area contributed by atoms with Crippen LogP contribution in [0.1, 0.15) is 45.1 Å². The van der Waals surface area contributed by atoms with Crippen molar-refractivity contribution in [2.24, 2.45) is 16.3 Å². The number of aliphatic imine (C=N–C) groups is 1. The molecule has 1 aromatic carbocycles. The number of benzene rings is 1. The van der Waals surface area contributed by atoms with Gasteiger partial charge in [-0.15, -0.1) is 0 Å². The van der Waals surface area contributed by atoms with Crippen LogP contribution in [0.15, 0.2) is 63.3 Å². The van der Waals surface area contributed by atoms with Gasteiger partial charge in [0.05, 0.1) is 10.8 Å². The second-order valence-electron chi connectivity index (χ2n) is 9.21. The van der Waals surface area contributed by atoms with Crippen molar-refractivity contribution < 1.29 is 14.5 Å². The topological polar surface area (TPSA) is 115 Å². The summed E-state index contributed by atoms with van der Waals surface area (Å²) >= 11 is 3.32. The first-order valence-corrected chi connectivity index (χ1v) is 11.3. The van der Waals surface area contributed by atoms with E-state index < -0.39 is 16.8 Å². The average Bonchev–Trinajstić information content (AvgIpc) is 2.73. The molecule has 1 aromatic heterocycles. The molecule has 0 spiro atoms. The van der Waals surface area contributed by atoms with Gasteiger partial charge in [0.15, 0.2) is 5.78 Å². The fourth-order valence-electron chi connectivity index (χ4n) is 4.63. The fourth-order valence-corrected chi connectivity index (χ4v) is 4.87. The van der Waals surface area contributed by atoms with Crippen LogP contribution >= 0.6 is 15.9 Å². The summed E-state index contributed by atoms with van der Waals surface area (Å²) in [5.74, 6) is -1.55. The Kier molecular flexibility index (Phi) is 6.00. The molecule has 8 nitrogen and oxygen atoms in total. The van der Waals surface area contributed by atoms with Crippen LogP contribution < -0.4 is 5.32 Å². The standard InChI is InChI=1S/C24H23BrN4O4/c1-13-20(23(31)28-19-8-7-15(25)12-26-19)21(14-5-4-6-16(9-14)29(32)33)22-17(27-13)10-24(2,3)11-18(22)30/h4-9,12,20-21H,10-11H2,1-3H3,(H,26,28,31)/t20?,21-/m0/s1. The van der Waals surface area contributed by atoms with E-state index in [1.165, 1.54) is 12.1 Å². The van der Waals surface area contributed by atoms with Crippen molar-refractivity contribution in [1.29, 1.82) is 0 Å². The number of nitro groups is 1. The molecule has 4 rings (SSSR count). The second-order valence-corrected chi connectivity index (χ2v) is 10.1. The van der Waals surface area contributed by atoms with E-state index >= 15 is 0 Å². The summed E-state index contributed by atoms with van der Waals surface area (Å²) < 4.78 is 0.774. The number of hydrogen-bond acceptors (Lipinski definition) is 6. The van der Waals surface area contributed by atoms with Crippen LogP contribution in [0.5, 0.6) is 0 Å². The zero-order valence-electron chi connectivity index (χ0n) is 18.5. The van der Waals surface area contributed by atoms with Crippen molar-refractivity contribution in [1.82, 2.24) is 4.98 Å². The number of nitrogens with zero attached hydrogens (tertiary/aromatic N) is 3. The number of halogens is 1. The molecule has 9 heteroatoms. The number of Topliss-reactive ketones (excluding diaryl/α,β-unsaturated/α-hetero) is 1. The van der Waals surface area contributed by atoms with E-state index in [1.54, 1.807) is 37.4 Å². The maximum atomic E-state index is 13.5. The number of hydrogen-bond donors (Lipinski definition) is 1. The van der Waals surface area contributed by atoms with E-state index in [1.807, 2.05) is 13.8 Å². The lowest BCUT2D eigenvalue weighted by molar-refractivity contribution is -0.384. The zero-order chi connectivity index (χ0) is 23.9. The maximum Gasteiger partial charge on any atom is 0.269 e. The Morgan fingerprint density at radius 2 is 2.00 bits per heavy atom. The SMILES string of the molecule is CC1=NC2=C(C(=O)CC(C)(C)C2)[C@@H](c2cccc([N+](=O)[O-])c2)C1C(=O)Nc1ccc(Br)cn1. The summed E-state index contributed by atoms with van der Waals surface area (Å²) in [5, 5.41) is 14.2. The Bertz CT molecular complexity index is 1220. The van der Waals surface area contributed by atoms with Gasteiger partial charge in [-0.1, -0.05) is 26.0 Å².